The number of hydrogen-bond acceptors (Lipinski definition) is 7. The van der Waals surface area contributed by atoms with E-state index in [9.17, 15) is 14.9 Å². The first kappa shape index (κ1) is 14.1. The van der Waals surface area contributed by atoms with Crippen molar-refractivity contribution in [3.63, 3.8) is 0 Å². The van der Waals surface area contributed by atoms with Crippen LogP contribution in [0.2, 0.25) is 0 Å². The van der Waals surface area contributed by atoms with Gasteiger partial charge in [0.1, 0.15) is 17.5 Å². The van der Waals surface area contributed by atoms with E-state index >= 15 is 0 Å². The molecule has 2 aromatic rings. The molecule has 2 rings (SSSR count). The van der Waals surface area contributed by atoms with Gasteiger partial charge in [-0.25, -0.2) is 4.98 Å². The minimum absolute atomic E-state index is 0. The van der Waals surface area contributed by atoms with Crippen molar-refractivity contribution in [3.05, 3.63) is 33.8 Å². The lowest BCUT2D eigenvalue weighted by molar-refractivity contribution is -0.380. The number of rotatable bonds is 3. The zero-order valence-electron chi connectivity index (χ0n) is 8.95. The monoisotopic (exact) mass is 290 g/mol. The number of amides is 1. The minimum atomic E-state index is -0.571. The number of nitrogens with one attached hydrogen (secondary N) is 1. The maximum absolute atomic E-state index is 11.7. The fourth-order valence-electron chi connectivity index (χ4n) is 1.09. The second-order valence-corrected chi connectivity index (χ2v) is 4.02. The van der Waals surface area contributed by atoms with Crippen molar-refractivity contribution in [1.29, 1.82) is 0 Å². The van der Waals surface area contributed by atoms with Crippen molar-refractivity contribution >= 4 is 39.8 Å². The first-order chi connectivity index (χ1) is 8.08. The number of nitro groups is 1. The number of aryl methyl sites for hydroxylation is 1. The lowest BCUT2D eigenvalue weighted by Gasteiger charge is -1.97. The van der Waals surface area contributed by atoms with Crippen LogP contribution in [0.15, 0.2) is 16.9 Å². The summed E-state index contributed by atoms with van der Waals surface area (Å²) in [6.07, 6.45) is 2.35. The maximum Gasteiger partial charge on any atom is 0.345 e. The molecule has 0 saturated heterocycles. The Morgan fingerprint density at radius 3 is 2.78 bits per heavy atom. The molecule has 10 heteroatoms. The Labute approximate surface area is 111 Å². The number of carbonyl (C=O) groups is 1. The minimum Gasteiger partial charge on any atom is -0.361 e. The van der Waals surface area contributed by atoms with Gasteiger partial charge in [0.15, 0.2) is 5.13 Å². The summed E-state index contributed by atoms with van der Waals surface area (Å²) in [6, 6.07) is 0. The number of anilines is 1. The molecule has 0 unspecified atom stereocenters. The van der Waals surface area contributed by atoms with E-state index in [4.69, 9.17) is 4.52 Å². The molecule has 0 aromatic carbocycles. The van der Waals surface area contributed by atoms with E-state index in [1.165, 1.54) is 6.20 Å². The molecular weight excluding hydrogens is 284 g/mol. The molecule has 0 spiro atoms. The number of aromatic nitrogens is 2. The summed E-state index contributed by atoms with van der Waals surface area (Å²) in [5.41, 5.74) is 0.267. The highest BCUT2D eigenvalue weighted by atomic mass is 35.5. The Balaban J connectivity index is 0.00000162. The summed E-state index contributed by atoms with van der Waals surface area (Å²) in [6.45, 7) is 1.59. The van der Waals surface area contributed by atoms with Crippen LogP contribution in [0.5, 0.6) is 0 Å². The summed E-state index contributed by atoms with van der Waals surface area (Å²) in [5.74, 6) is -0.0958. The lowest BCUT2D eigenvalue weighted by atomic mass is 10.3. The van der Waals surface area contributed by atoms with Crippen molar-refractivity contribution < 1.29 is 14.2 Å². The van der Waals surface area contributed by atoms with Gasteiger partial charge in [0.25, 0.3) is 5.91 Å². The predicted octanol–water partition coefficient (Wildman–Crippen LogP) is 2.02. The Morgan fingerprint density at radius 2 is 2.28 bits per heavy atom. The number of halogens is 1. The van der Waals surface area contributed by atoms with E-state index in [2.05, 4.69) is 15.5 Å². The SMILES string of the molecule is Cc1oncc1C(=O)Nc1ncc([N+](=O)[O-])s1.Cl. The van der Waals surface area contributed by atoms with Crippen LogP contribution in [-0.2, 0) is 0 Å². The van der Waals surface area contributed by atoms with Gasteiger partial charge in [0.2, 0.25) is 0 Å². The van der Waals surface area contributed by atoms with Crippen molar-refractivity contribution in [2.75, 3.05) is 5.32 Å². The molecule has 0 aliphatic heterocycles. The molecule has 0 fully saturated rings. The highest BCUT2D eigenvalue weighted by molar-refractivity contribution is 7.18. The van der Waals surface area contributed by atoms with E-state index in [-0.39, 0.29) is 28.1 Å². The van der Waals surface area contributed by atoms with Gasteiger partial charge >= 0.3 is 5.00 Å². The fourth-order valence-corrected chi connectivity index (χ4v) is 1.72. The summed E-state index contributed by atoms with van der Waals surface area (Å²) < 4.78 is 4.73. The van der Waals surface area contributed by atoms with Gasteiger partial charge in [-0.3, -0.25) is 20.2 Å². The third-order valence-corrected chi connectivity index (χ3v) is 2.75. The Bertz CT molecular complexity index is 581. The molecule has 2 heterocycles. The molecule has 1 amide bonds. The van der Waals surface area contributed by atoms with Crippen LogP contribution < -0.4 is 5.32 Å². The third-order valence-electron chi connectivity index (χ3n) is 1.89. The van der Waals surface area contributed by atoms with Crippen LogP contribution >= 0.6 is 23.7 Å². The van der Waals surface area contributed by atoms with Crippen LogP contribution in [0, 0.1) is 17.0 Å². The first-order valence-electron chi connectivity index (χ1n) is 4.41. The molecule has 0 radical (unpaired) electrons. The van der Waals surface area contributed by atoms with Gasteiger partial charge < -0.3 is 4.52 Å². The second kappa shape index (κ2) is 5.56. The van der Waals surface area contributed by atoms with Gasteiger partial charge in [-0.2, -0.15) is 0 Å². The Kier molecular flexibility index (Phi) is 4.34. The van der Waals surface area contributed by atoms with E-state index in [0.29, 0.717) is 5.76 Å². The van der Waals surface area contributed by atoms with Crippen LogP contribution in [0.25, 0.3) is 0 Å². The third kappa shape index (κ3) is 2.81. The summed E-state index contributed by atoms with van der Waals surface area (Å²) >= 11 is 0.779. The molecular formula is C8H7ClN4O4S. The zero-order chi connectivity index (χ0) is 12.4. The molecule has 0 saturated carbocycles. The van der Waals surface area contributed by atoms with Crippen LogP contribution in [0.1, 0.15) is 16.1 Å². The average Bonchev–Trinajstić information content (AvgIpc) is 2.86. The van der Waals surface area contributed by atoms with Gasteiger partial charge in [-0.05, 0) is 18.3 Å². The molecule has 0 aliphatic carbocycles. The smallest absolute Gasteiger partial charge is 0.345 e. The lowest BCUT2D eigenvalue weighted by Crippen LogP contribution is -2.11. The van der Waals surface area contributed by atoms with Crippen LogP contribution in [0.4, 0.5) is 10.1 Å². The number of nitrogens with zero attached hydrogens (tertiary/aromatic N) is 3. The van der Waals surface area contributed by atoms with Crippen molar-refractivity contribution in [1.82, 2.24) is 10.1 Å². The number of carbonyl (C=O) groups excluding carboxylic acids is 1. The molecule has 2 aromatic heterocycles. The quantitative estimate of drug-likeness (QED) is 0.683. The molecule has 18 heavy (non-hydrogen) atoms. The van der Waals surface area contributed by atoms with E-state index in [1.807, 2.05) is 0 Å². The molecule has 96 valence electrons. The summed E-state index contributed by atoms with van der Waals surface area (Å²) in [7, 11) is 0. The van der Waals surface area contributed by atoms with Gasteiger partial charge in [0.05, 0.1) is 11.1 Å². The number of hydrogen-bond donors (Lipinski definition) is 1. The second-order valence-electron chi connectivity index (χ2n) is 3.01. The van der Waals surface area contributed by atoms with Crippen LogP contribution in [0.3, 0.4) is 0 Å². The molecule has 0 atom stereocenters. The first-order valence-corrected chi connectivity index (χ1v) is 5.22. The largest absolute Gasteiger partial charge is 0.361 e. The number of thiazole rings is 1. The maximum atomic E-state index is 11.7. The zero-order valence-corrected chi connectivity index (χ0v) is 10.6. The molecule has 1 N–H and O–H groups in total. The topological polar surface area (TPSA) is 111 Å². The molecule has 8 nitrogen and oxygen atoms in total. The Morgan fingerprint density at radius 1 is 1.56 bits per heavy atom. The van der Waals surface area contributed by atoms with Gasteiger partial charge in [-0.15, -0.1) is 12.4 Å². The van der Waals surface area contributed by atoms with E-state index in [0.717, 1.165) is 17.5 Å². The van der Waals surface area contributed by atoms with Crippen molar-refractivity contribution in [2.24, 2.45) is 0 Å². The molecule has 0 bridgehead atoms. The fraction of sp³-hybridized carbons (Fsp3) is 0.125. The Hall–Kier alpha value is -2.00. The van der Waals surface area contributed by atoms with Crippen molar-refractivity contribution in [3.8, 4) is 0 Å². The standard InChI is InChI=1S/C8H6N4O4S.ClH/c1-4-5(2-10-16-4)7(13)11-8-9-3-6(17-8)12(14)15;/h2-3H,1H3,(H,9,11,13);1H. The normalized spacial score (nSPS) is 9.61. The summed E-state index contributed by atoms with van der Waals surface area (Å²) in [4.78, 5) is 25.2. The van der Waals surface area contributed by atoms with E-state index in [1.54, 1.807) is 6.92 Å². The van der Waals surface area contributed by atoms with Gasteiger partial charge in [-0.1, -0.05) is 5.16 Å². The molecule has 0 aliphatic rings. The highest BCUT2D eigenvalue weighted by Gasteiger charge is 2.17. The van der Waals surface area contributed by atoms with Crippen molar-refractivity contribution in [2.45, 2.75) is 6.92 Å². The average molecular weight is 291 g/mol. The van der Waals surface area contributed by atoms with E-state index < -0.39 is 10.8 Å². The van der Waals surface area contributed by atoms with Crippen LogP contribution in [-0.4, -0.2) is 21.0 Å². The summed E-state index contributed by atoms with van der Waals surface area (Å²) in [5, 5.41) is 16.3. The van der Waals surface area contributed by atoms with Gasteiger partial charge in [0, 0.05) is 0 Å². The predicted molar refractivity (Wildman–Crippen MR) is 65.2 cm³/mol. The highest BCUT2D eigenvalue weighted by Crippen LogP contribution is 2.25.